The quantitative estimate of drug-likeness (QED) is 0.309. The molecule has 6 nitrogen and oxygen atoms in total. The molecule has 0 heterocycles. The summed E-state index contributed by atoms with van der Waals surface area (Å²) in [7, 11) is 0. The van der Waals surface area contributed by atoms with E-state index in [1.54, 1.807) is 6.08 Å². The second-order valence-corrected chi connectivity index (χ2v) is 3.46. The van der Waals surface area contributed by atoms with Crippen LogP contribution >= 0.6 is 0 Å². The number of hydrogen-bond donors (Lipinski definition) is 1. The first-order valence-electron chi connectivity index (χ1n) is 4.78. The van der Waals surface area contributed by atoms with E-state index in [-0.39, 0.29) is 29.6 Å². The summed E-state index contributed by atoms with van der Waals surface area (Å²) in [5, 5.41) is 19.1. The molecule has 0 aromatic rings. The Morgan fingerprint density at radius 3 is 2.59 bits per heavy atom. The molecule has 0 fully saturated rings. The molecule has 17 heavy (non-hydrogen) atoms. The van der Waals surface area contributed by atoms with Crippen LogP contribution in [-0.4, -0.2) is 29.6 Å². The minimum atomic E-state index is -1.32. The van der Waals surface area contributed by atoms with Gasteiger partial charge in [-0.2, -0.15) is 0 Å². The van der Waals surface area contributed by atoms with Gasteiger partial charge in [-0.25, -0.2) is 4.79 Å². The Hall–Kier alpha value is -0.850. The molecular weight excluding hydrogens is 239 g/mol. The van der Waals surface area contributed by atoms with E-state index in [2.05, 4.69) is 4.74 Å². The molecule has 0 aromatic carbocycles. The van der Waals surface area contributed by atoms with Gasteiger partial charge in [-0.3, -0.25) is 4.79 Å². The van der Waals surface area contributed by atoms with Crippen LogP contribution in [-0.2, 0) is 19.1 Å². The van der Waals surface area contributed by atoms with Gasteiger partial charge in [-0.15, -0.1) is 0 Å². The number of aliphatic carboxylic acids is 2. The van der Waals surface area contributed by atoms with E-state index >= 15 is 0 Å². The smallest absolute Gasteiger partial charge is 0.550 e. The zero-order chi connectivity index (χ0) is 12.1. The molecule has 0 saturated heterocycles. The Labute approximate surface area is 120 Å². The molecule has 1 N–H and O–H groups in total. The van der Waals surface area contributed by atoms with E-state index in [9.17, 15) is 19.5 Å². The van der Waals surface area contributed by atoms with Crippen LogP contribution in [0, 0.1) is 11.8 Å². The Morgan fingerprint density at radius 2 is 2.06 bits per heavy atom. The van der Waals surface area contributed by atoms with E-state index in [4.69, 9.17) is 5.11 Å². The number of hydrogen-bond acceptors (Lipinski definition) is 5. The normalized spacial score (nSPS) is 22.4. The maximum absolute atomic E-state index is 11.4. The molecule has 7 heteroatoms. The molecule has 1 rings (SSSR count). The fraction of sp³-hybridized carbons (Fsp3) is 0.500. The Balaban J connectivity index is 0.00000256. The third-order valence-electron chi connectivity index (χ3n) is 2.33. The molecule has 0 radical (unpaired) electrons. The molecule has 0 aromatic heterocycles. The van der Waals surface area contributed by atoms with Crippen molar-refractivity contribution >= 4 is 17.9 Å². The van der Waals surface area contributed by atoms with Crippen LogP contribution in [0.1, 0.15) is 12.8 Å². The van der Waals surface area contributed by atoms with Crippen LogP contribution in [0.15, 0.2) is 12.2 Å². The summed E-state index contributed by atoms with van der Waals surface area (Å²) < 4.78 is 4.44. The van der Waals surface area contributed by atoms with Gasteiger partial charge < -0.3 is 19.7 Å². The molecule has 0 amide bonds. The summed E-state index contributed by atoms with van der Waals surface area (Å²) in [5.74, 6) is -5.32. The Bertz CT molecular complexity index is 338. The molecule has 88 valence electrons. The number of carboxylic acids is 2. The van der Waals surface area contributed by atoms with E-state index in [1.807, 2.05) is 0 Å². The molecular formula is C10H11NaO6. The number of carbonyl (C=O) groups is 3. The van der Waals surface area contributed by atoms with Crippen molar-refractivity contribution in [2.75, 3.05) is 6.61 Å². The number of ether oxygens (including phenoxy) is 1. The second-order valence-electron chi connectivity index (χ2n) is 3.46. The Kier molecular flexibility index (Phi) is 7.10. The topological polar surface area (TPSA) is 104 Å². The van der Waals surface area contributed by atoms with Crippen molar-refractivity contribution < 1.29 is 58.9 Å². The number of allylic oxidation sites excluding steroid dienone is 1. The molecule has 1 aliphatic rings. The first kappa shape index (κ1) is 16.1. The average Bonchev–Trinajstić information content (AvgIpc) is 2.25. The van der Waals surface area contributed by atoms with Gasteiger partial charge in [0.1, 0.15) is 0 Å². The predicted octanol–water partition coefficient (Wildman–Crippen LogP) is -4.05. The van der Waals surface area contributed by atoms with Crippen molar-refractivity contribution in [1.29, 1.82) is 0 Å². The molecule has 0 aliphatic heterocycles. The number of rotatable bonds is 4. The van der Waals surface area contributed by atoms with Crippen molar-refractivity contribution in [3.05, 3.63) is 12.2 Å². The summed E-state index contributed by atoms with van der Waals surface area (Å²) in [5.41, 5.74) is 0. The number of carboxylic acid groups (broad SMARTS) is 2. The SMILES string of the molecule is O=C(O)COC(=O)C1C=CCCC1C(=O)[O-].[Na+]. The monoisotopic (exact) mass is 250 g/mol. The minimum absolute atomic E-state index is 0. The van der Waals surface area contributed by atoms with Gasteiger partial charge in [0.15, 0.2) is 6.61 Å². The molecule has 0 spiro atoms. The molecule has 0 bridgehead atoms. The second kappa shape index (κ2) is 7.47. The maximum atomic E-state index is 11.4. The summed E-state index contributed by atoms with van der Waals surface area (Å²) in [6, 6.07) is 0. The van der Waals surface area contributed by atoms with Gasteiger partial charge in [0.05, 0.1) is 5.92 Å². The van der Waals surface area contributed by atoms with E-state index in [0.29, 0.717) is 12.8 Å². The summed E-state index contributed by atoms with van der Waals surface area (Å²) in [4.78, 5) is 32.3. The van der Waals surface area contributed by atoms with Crippen LogP contribution in [0.25, 0.3) is 0 Å². The van der Waals surface area contributed by atoms with Gasteiger partial charge in [-0.1, -0.05) is 12.2 Å². The van der Waals surface area contributed by atoms with Crippen LogP contribution in [0.4, 0.5) is 0 Å². The summed E-state index contributed by atoms with van der Waals surface area (Å²) >= 11 is 0. The van der Waals surface area contributed by atoms with Crippen molar-refractivity contribution in [3.8, 4) is 0 Å². The summed E-state index contributed by atoms with van der Waals surface area (Å²) in [6.45, 7) is -0.761. The van der Waals surface area contributed by atoms with Gasteiger partial charge in [-0.05, 0) is 12.8 Å². The van der Waals surface area contributed by atoms with Crippen molar-refractivity contribution in [3.63, 3.8) is 0 Å². The Morgan fingerprint density at radius 1 is 1.41 bits per heavy atom. The third kappa shape index (κ3) is 4.89. The maximum Gasteiger partial charge on any atom is 1.00 e. The summed E-state index contributed by atoms with van der Waals surface area (Å²) in [6.07, 6.45) is 3.95. The fourth-order valence-electron chi connectivity index (χ4n) is 1.57. The largest absolute Gasteiger partial charge is 1.00 e. The van der Waals surface area contributed by atoms with Gasteiger partial charge in [0, 0.05) is 11.9 Å². The first-order chi connectivity index (χ1) is 7.52. The third-order valence-corrected chi connectivity index (χ3v) is 2.33. The van der Waals surface area contributed by atoms with E-state index < -0.39 is 36.4 Å². The molecule has 0 saturated carbocycles. The zero-order valence-electron chi connectivity index (χ0n) is 9.42. The van der Waals surface area contributed by atoms with Gasteiger partial charge in [0.25, 0.3) is 0 Å². The van der Waals surface area contributed by atoms with Crippen LogP contribution in [0.2, 0.25) is 0 Å². The van der Waals surface area contributed by atoms with E-state index in [1.165, 1.54) is 6.08 Å². The van der Waals surface area contributed by atoms with Gasteiger partial charge in [0.2, 0.25) is 0 Å². The molecule has 1 aliphatic carbocycles. The van der Waals surface area contributed by atoms with Gasteiger partial charge >= 0.3 is 41.5 Å². The first-order valence-corrected chi connectivity index (χ1v) is 4.78. The van der Waals surface area contributed by atoms with Crippen molar-refractivity contribution in [2.45, 2.75) is 12.8 Å². The number of esters is 1. The average molecular weight is 250 g/mol. The molecule has 2 unspecified atom stereocenters. The van der Waals surface area contributed by atoms with E-state index in [0.717, 1.165) is 0 Å². The number of carbonyl (C=O) groups excluding carboxylic acids is 2. The fourth-order valence-corrected chi connectivity index (χ4v) is 1.57. The predicted molar refractivity (Wildman–Crippen MR) is 49.0 cm³/mol. The van der Waals surface area contributed by atoms with Crippen LogP contribution in [0.3, 0.4) is 0 Å². The van der Waals surface area contributed by atoms with Crippen molar-refractivity contribution in [2.24, 2.45) is 11.8 Å². The van der Waals surface area contributed by atoms with Crippen LogP contribution in [0.5, 0.6) is 0 Å². The standard InChI is InChI=1S/C10H12O6.Na/c11-8(12)5-16-10(15)7-4-2-1-3-6(7)9(13)14;/h2,4,6-7H,1,3,5H2,(H,11,12)(H,13,14);/q;+1/p-1. The van der Waals surface area contributed by atoms with Crippen molar-refractivity contribution in [1.82, 2.24) is 0 Å². The molecule has 2 atom stereocenters. The minimum Gasteiger partial charge on any atom is -0.550 e. The zero-order valence-corrected chi connectivity index (χ0v) is 11.4. The van der Waals surface area contributed by atoms with Crippen LogP contribution < -0.4 is 34.7 Å².